The number of carboxylic acid groups (broad SMARTS) is 2. The van der Waals surface area contributed by atoms with Crippen LogP contribution in [0.25, 0.3) is 0 Å². The molecule has 0 aromatic carbocycles. The van der Waals surface area contributed by atoms with Crippen LogP contribution in [0.4, 0.5) is 0 Å². The van der Waals surface area contributed by atoms with Crippen LogP contribution in [0.5, 0.6) is 0 Å². The van der Waals surface area contributed by atoms with E-state index in [4.69, 9.17) is 0 Å². The van der Waals surface area contributed by atoms with Gasteiger partial charge in [-0.1, -0.05) is 106 Å². The Hall–Kier alpha value is -0.150. The molecule has 35 heavy (non-hydrogen) atoms. The molecule has 6 unspecified atom stereocenters. The summed E-state index contributed by atoms with van der Waals surface area (Å²) in [6, 6.07) is 0. The molecule has 0 saturated heterocycles. The van der Waals surface area contributed by atoms with Crippen molar-refractivity contribution in [2.24, 2.45) is 29.6 Å². The van der Waals surface area contributed by atoms with Crippen molar-refractivity contribution >= 4 is 51.6 Å². The number of hydrogen-bond donors (Lipinski definition) is 3. The van der Waals surface area contributed by atoms with Crippen molar-refractivity contribution in [3.8, 4) is 0 Å². The molecule has 9 heteroatoms. The number of carboxylic acids is 2. The Morgan fingerprint density at radius 3 is 1.51 bits per heavy atom. The van der Waals surface area contributed by atoms with Gasteiger partial charge in [0.1, 0.15) is 0 Å². The van der Waals surface area contributed by atoms with E-state index in [9.17, 15) is 32.8 Å². The Kier molecular flexibility index (Phi) is 19.2. The van der Waals surface area contributed by atoms with Gasteiger partial charge in [0.2, 0.25) is 4.75 Å². The molecule has 0 spiro atoms. The summed E-state index contributed by atoms with van der Waals surface area (Å²) in [6.45, 7) is 11.4. The van der Waals surface area contributed by atoms with Gasteiger partial charge in [-0.15, -0.1) is 0 Å². The summed E-state index contributed by atoms with van der Waals surface area (Å²) in [4.78, 5) is 25.0. The number of carbonyl (C=O) groups is 2. The van der Waals surface area contributed by atoms with Crippen molar-refractivity contribution in [1.29, 1.82) is 0 Å². The van der Waals surface area contributed by atoms with Crippen molar-refractivity contribution in [3.63, 3.8) is 0 Å². The first-order valence-electron chi connectivity index (χ1n) is 13.3. The van der Waals surface area contributed by atoms with Crippen LogP contribution in [0.3, 0.4) is 0 Å². The van der Waals surface area contributed by atoms with Crippen LogP contribution in [0.1, 0.15) is 119 Å². The topological polar surface area (TPSA) is 129 Å². The SMILES string of the molecule is CCCCC(CC)CCC(C)C(C(=O)O)C(C(=O)O)(C(C)CCC(CC)CCCC)S(=O)(=O)O.[NaH]. The Morgan fingerprint density at radius 2 is 1.20 bits per heavy atom. The zero-order valence-electron chi connectivity index (χ0n) is 22.3. The minimum atomic E-state index is -5.22. The third-order valence-corrected chi connectivity index (χ3v) is 9.60. The summed E-state index contributed by atoms with van der Waals surface area (Å²) in [5, 5.41) is 20.3. The number of aliphatic carboxylic acids is 2. The maximum atomic E-state index is 12.7. The molecule has 6 atom stereocenters. The van der Waals surface area contributed by atoms with Crippen LogP contribution in [-0.4, -0.2) is 69.4 Å². The number of hydrogen-bond acceptors (Lipinski definition) is 4. The first-order valence-corrected chi connectivity index (χ1v) is 14.7. The van der Waals surface area contributed by atoms with Gasteiger partial charge < -0.3 is 10.2 Å². The average molecular weight is 531 g/mol. The molecule has 204 valence electrons. The zero-order valence-corrected chi connectivity index (χ0v) is 23.1. The summed E-state index contributed by atoms with van der Waals surface area (Å²) in [6.07, 6.45) is 9.87. The summed E-state index contributed by atoms with van der Waals surface area (Å²) < 4.78 is 32.9. The first kappa shape index (κ1) is 37.0. The van der Waals surface area contributed by atoms with Gasteiger partial charge in [0, 0.05) is 0 Å². The fourth-order valence-electron chi connectivity index (χ4n) is 5.48. The van der Waals surface area contributed by atoms with Crippen LogP contribution < -0.4 is 0 Å². The Morgan fingerprint density at radius 1 is 0.771 bits per heavy atom. The van der Waals surface area contributed by atoms with Gasteiger partial charge in [0.15, 0.2) is 0 Å². The summed E-state index contributed by atoms with van der Waals surface area (Å²) in [7, 11) is -5.22. The molecule has 0 bridgehead atoms. The van der Waals surface area contributed by atoms with Crippen molar-refractivity contribution in [2.75, 3.05) is 0 Å². The van der Waals surface area contributed by atoms with Gasteiger partial charge in [0.25, 0.3) is 10.1 Å². The molecule has 7 nitrogen and oxygen atoms in total. The first-order chi connectivity index (χ1) is 15.8. The van der Waals surface area contributed by atoms with Crippen LogP contribution in [0, 0.1) is 29.6 Å². The molecule has 3 N–H and O–H groups in total. The fourth-order valence-corrected chi connectivity index (χ4v) is 6.98. The van der Waals surface area contributed by atoms with Crippen molar-refractivity contribution in [1.82, 2.24) is 0 Å². The second-order valence-corrected chi connectivity index (χ2v) is 11.9. The Labute approximate surface area is 236 Å². The average Bonchev–Trinajstić information content (AvgIpc) is 2.75. The molecule has 0 amide bonds. The third-order valence-electron chi connectivity index (χ3n) is 7.92. The summed E-state index contributed by atoms with van der Waals surface area (Å²) in [5.41, 5.74) is 0. The van der Waals surface area contributed by atoms with E-state index in [1.54, 1.807) is 6.92 Å². The second kappa shape index (κ2) is 18.2. The molecule has 0 heterocycles. The molecule has 0 rings (SSSR count). The normalized spacial score (nSPS) is 17.9. The third kappa shape index (κ3) is 10.6. The van der Waals surface area contributed by atoms with Gasteiger partial charge in [0.05, 0.1) is 5.92 Å². The Balaban J connectivity index is 0. The quantitative estimate of drug-likeness (QED) is 0.130. The predicted octanol–water partition coefficient (Wildman–Crippen LogP) is 6.02. The maximum absolute atomic E-state index is 12.7. The predicted molar refractivity (Wildman–Crippen MR) is 144 cm³/mol. The monoisotopic (exact) mass is 530 g/mol. The molecular formula is C26H51NaO7S. The van der Waals surface area contributed by atoms with Crippen molar-refractivity contribution in [2.45, 2.75) is 123 Å². The molecule has 0 aliphatic heterocycles. The van der Waals surface area contributed by atoms with Crippen LogP contribution in [0.15, 0.2) is 0 Å². The molecular weight excluding hydrogens is 479 g/mol. The van der Waals surface area contributed by atoms with Crippen molar-refractivity contribution < 1.29 is 32.8 Å². The van der Waals surface area contributed by atoms with E-state index in [1.165, 1.54) is 6.92 Å². The Bertz CT molecular complexity index is 712. The number of unbranched alkanes of at least 4 members (excludes halogenated alkanes) is 2. The van der Waals surface area contributed by atoms with Crippen LogP contribution in [-0.2, 0) is 19.7 Å². The van der Waals surface area contributed by atoms with E-state index in [2.05, 4.69) is 20.8 Å². The summed E-state index contributed by atoms with van der Waals surface area (Å²) in [5.74, 6) is -6.10. The molecule has 0 aliphatic carbocycles. The van der Waals surface area contributed by atoms with E-state index < -0.39 is 44.6 Å². The number of rotatable bonds is 20. The van der Waals surface area contributed by atoms with Crippen molar-refractivity contribution in [3.05, 3.63) is 0 Å². The van der Waals surface area contributed by atoms with E-state index in [0.29, 0.717) is 31.1 Å². The van der Waals surface area contributed by atoms with E-state index in [0.717, 1.165) is 51.4 Å². The van der Waals surface area contributed by atoms with E-state index >= 15 is 0 Å². The van der Waals surface area contributed by atoms with Gasteiger partial charge >= 0.3 is 41.5 Å². The van der Waals surface area contributed by atoms with Crippen LogP contribution in [0.2, 0.25) is 0 Å². The van der Waals surface area contributed by atoms with Gasteiger partial charge in [-0.25, -0.2) is 0 Å². The van der Waals surface area contributed by atoms with Crippen LogP contribution >= 0.6 is 0 Å². The molecule has 0 fully saturated rings. The fraction of sp³-hybridized carbons (Fsp3) is 0.923. The molecule has 0 aromatic heterocycles. The standard InChI is InChI=1S/C26H50O7S.Na.H/c1-7-11-13-21(9-3)17-15-19(5)23(24(27)28)26(25(29)30,34(31,32)33)20(6)16-18-22(10-4)14-12-8-2;;/h19-23H,7-18H2,1-6H3,(H,27,28)(H,29,30)(H,31,32,33);;. The molecule has 0 aromatic rings. The zero-order chi connectivity index (χ0) is 26.5. The van der Waals surface area contributed by atoms with Gasteiger partial charge in [-0.3, -0.25) is 14.1 Å². The minimum absolute atomic E-state index is 0. The molecule has 0 radical (unpaired) electrons. The second-order valence-electron chi connectivity index (χ2n) is 10.3. The van der Waals surface area contributed by atoms with E-state index in [1.807, 2.05) is 6.92 Å². The van der Waals surface area contributed by atoms with E-state index in [-0.39, 0.29) is 36.0 Å². The summed E-state index contributed by atoms with van der Waals surface area (Å²) >= 11 is 0. The molecule has 0 saturated carbocycles. The molecule has 0 aliphatic rings. The van der Waals surface area contributed by atoms with Gasteiger partial charge in [-0.05, 0) is 36.5 Å². The van der Waals surface area contributed by atoms with Gasteiger partial charge in [-0.2, -0.15) is 8.42 Å².